The Balaban J connectivity index is 1.72. The predicted molar refractivity (Wildman–Crippen MR) is 141 cm³/mol. The van der Waals surface area contributed by atoms with Crippen LogP contribution in [0, 0.1) is 13.8 Å². The Labute approximate surface area is 214 Å². The average Bonchev–Trinajstić information content (AvgIpc) is 3.43. The first-order valence-electron chi connectivity index (χ1n) is 11.2. The van der Waals surface area contributed by atoms with Crippen LogP contribution in [0.3, 0.4) is 0 Å². The van der Waals surface area contributed by atoms with Crippen LogP contribution in [-0.2, 0) is 14.8 Å². The third-order valence-corrected chi connectivity index (χ3v) is 10.8. The highest BCUT2D eigenvalue weighted by Gasteiger charge is 2.41. The molecule has 4 rings (SSSR count). The summed E-state index contributed by atoms with van der Waals surface area (Å²) in [4.78, 5) is 22.5. The number of likely N-dealkylation sites (N-methyl/N-ethyl adjacent to an activating group) is 1. The second-order valence-corrected chi connectivity index (χ2v) is 13.7. The first-order valence-corrected chi connectivity index (χ1v) is 14.6. The fourth-order valence-corrected chi connectivity index (χ4v) is 8.42. The van der Waals surface area contributed by atoms with Crippen LogP contribution in [0.15, 0.2) is 28.5 Å². The van der Waals surface area contributed by atoms with Gasteiger partial charge in [-0.25, -0.2) is 13.4 Å². The molecule has 0 saturated carbocycles. The normalized spacial score (nSPS) is 17.5. The van der Waals surface area contributed by atoms with Crippen molar-refractivity contribution in [1.29, 1.82) is 0 Å². The van der Waals surface area contributed by atoms with Gasteiger partial charge in [0, 0.05) is 19.6 Å². The molecule has 0 aliphatic carbocycles. The lowest BCUT2D eigenvalue weighted by molar-refractivity contribution is -0.123. The van der Waals surface area contributed by atoms with E-state index in [4.69, 9.17) is 16.6 Å². The number of aryl methyl sites for hydroxylation is 2. The summed E-state index contributed by atoms with van der Waals surface area (Å²) in [6.45, 7) is 5.46. The number of thiazole rings is 1. The molecular weight excluding hydrogens is 512 g/mol. The Morgan fingerprint density at radius 2 is 1.91 bits per heavy atom. The van der Waals surface area contributed by atoms with E-state index in [0.29, 0.717) is 35.5 Å². The van der Waals surface area contributed by atoms with E-state index in [2.05, 4.69) is 6.07 Å². The molecule has 1 aliphatic rings. The highest BCUT2D eigenvalue weighted by molar-refractivity contribution is 7.91. The lowest BCUT2D eigenvalue weighted by Crippen LogP contribution is -2.53. The van der Waals surface area contributed by atoms with Crippen molar-refractivity contribution in [2.75, 3.05) is 38.6 Å². The number of carbonyl (C=O) groups is 1. The number of anilines is 1. The first kappa shape index (κ1) is 25.5. The first-order chi connectivity index (χ1) is 16.1. The van der Waals surface area contributed by atoms with Gasteiger partial charge in [-0.2, -0.15) is 4.31 Å². The molecule has 3 heterocycles. The maximum absolute atomic E-state index is 14.0. The summed E-state index contributed by atoms with van der Waals surface area (Å²) in [5.41, 5.74) is 3.13. The molecule has 1 atom stereocenters. The number of nitrogens with zero attached hydrogens (tertiary/aromatic N) is 4. The number of hydrogen-bond donors (Lipinski definition) is 0. The fraction of sp³-hybridized carbons (Fsp3) is 0.478. The number of carbonyl (C=O) groups excluding carboxylic acids is 1. The van der Waals surface area contributed by atoms with Crippen LogP contribution in [0.25, 0.3) is 10.2 Å². The second-order valence-electron chi connectivity index (χ2n) is 8.83. The van der Waals surface area contributed by atoms with Gasteiger partial charge in [-0.15, -0.1) is 11.3 Å². The number of aromatic nitrogens is 1. The third kappa shape index (κ3) is 5.03. The molecule has 2 aromatic heterocycles. The molecule has 0 N–H and O–H groups in total. The predicted octanol–water partition coefficient (Wildman–Crippen LogP) is 4.77. The Morgan fingerprint density at radius 1 is 1.15 bits per heavy atom. The topological polar surface area (TPSA) is 73.8 Å². The number of benzene rings is 1. The lowest BCUT2D eigenvalue weighted by atomic mass is 10.0. The Morgan fingerprint density at radius 3 is 2.59 bits per heavy atom. The van der Waals surface area contributed by atoms with Crippen molar-refractivity contribution >= 4 is 65.6 Å². The van der Waals surface area contributed by atoms with Crippen LogP contribution in [0.1, 0.15) is 30.4 Å². The molecule has 7 nitrogen and oxygen atoms in total. The number of thiophene rings is 1. The summed E-state index contributed by atoms with van der Waals surface area (Å²) in [6, 6.07) is 6.42. The Kier molecular flexibility index (Phi) is 7.66. The lowest BCUT2D eigenvalue weighted by Gasteiger charge is -2.36. The molecule has 1 aromatic carbocycles. The zero-order valence-corrected chi connectivity index (χ0v) is 23.0. The van der Waals surface area contributed by atoms with E-state index in [1.807, 2.05) is 38.9 Å². The third-order valence-electron chi connectivity index (χ3n) is 6.19. The number of hydrogen-bond acceptors (Lipinski definition) is 7. The van der Waals surface area contributed by atoms with Crippen molar-refractivity contribution in [2.24, 2.45) is 0 Å². The van der Waals surface area contributed by atoms with Gasteiger partial charge in [0.1, 0.15) is 10.3 Å². The minimum atomic E-state index is -3.83. The van der Waals surface area contributed by atoms with E-state index in [1.165, 1.54) is 21.7 Å². The fourth-order valence-electron chi connectivity index (χ4n) is 4.10. The zero-order chi connectivity index (χ0) is 24.6. The molecule has 1 amide bonds. The molecule has 0 bridgehead atoms. The largest absolute Gasteiger partial charge is 0.308 e. The van der Waals surface area contributed by atoms with Gasteiger partial charge >= 0.3 is 0 Å². The van der Waals surface area contributed by atoms with Crippen molar-refractivity contribution in [3.63, 3.8) is 0 Å². The summed E-state index contributed by atoms with van der Waals surface area (Å²) >= 11 is 8.51. The van der Waals surface area contributed by atoms with E-state index in [-0.39, 0.29) is 10.1 Å². The van der Waals surface area contributed by atoms with Crippen LogP contribution in [0.2, 0.25) is 4.34 Å². The summed E-state index contributed by atoms with van der Waals surface area (Å²) in [7, 11) is 0.0748. The summed E-state index contributed by atoms with van der Waals surface area (Å²) in [5, 5.41) is 0.609. The molecule has 34 heavy (non-hydrogen) atoms. The Hall–Kier alpha value is -1.56. The molecule has 0 radical (unpaired) electrons. The maximum Gasteiger partial charge on any atom is 0.253 e. The zero-order valence-electron chi connectivity index (χ0n) is 19.7. The van der Waals surface area contributed by atoms with Crippen molar-refractivity contribution in [1.82, 2.24) is 14.2 Å². The molecule has 1 aliphatic heterocycles. The number of rotatable bonds is 7. The van der Waals surface area contributed by atoms with Crippen LogP contribution in [0.5, 0.6) is 0 Å². The number of halogens is 1. The van der Waals surface area contributed by atoms with Crippen molar-refractivity contribution < 1.29 is 13.2 Å². The van der Waals surface area contributed by atoms with Gasteiger partial charge in [0.05, 0.1) is 14.6 Å². The summed E-state index contributed by atoms with van der Waals surface area (Å²) in [5.74, 6) is -0.221. The van der Waals surface area contributed by atoms with Crippen LogP contribution in [0.4, 0.5) is 5.13 Å². The van der Waals surface area contributed by atoms with Crippen molar-refractivity contribution in [3.05, 3.63) is 39.7 Å². The smallest absolute Gasteiger partial charge is 0.253 e. The van der Waals surface area contributed by atoms with E-state index >= 15 is 0 Å². The van der Waals surface area contributed by atoms with Gasteiger partial charge in [0.2, 0.25) is 5.91 Å². The van der Waals surface area contributed by atoms with Crippen molar-refractivity contribution in [2.45, 2.75) is 43.4 Å². The highest BCUT2D eigenvalue weighted by atomic mass is 35.5. The monoisotopic (exact) mass is 540 g/mol. The van der Waals surface area contributed by atoms with Crippen LogP contribution < -0.4 is 4.90 Å². The van der Waals surface area contributed by atoms with Crippen molar-refractivity contribution in [3.8, 4) is 0 Å². The van der Waals surface area contributed by atoms with E-state index in [0.717, 1.165) is 45.5 Å². The summed E-state index contributed by atoms with van der Waals surface area (Å²) in [6.07, 6.45) is 2.01. The van der Waals surface area contributed by atoms with Gasteiger partial charge in [-0.1, -0.05) is 35.4 Å². The molecule has 184 valence electrons. The highest BCUT2D eigenvalue weighted by Crippen LogP contribution is 2.35. The minimum Gasteiger partial charge on any atom is -0.308 e. The number of sulfonamides is 1. The quantitative estimate of drug-likeness (QED) is 0.432. The summed E-state index contributed by atoms with van der Waals surface area (Å²) < 4.78 is 29.9. The van der Waals surface area contributed by atoms with E-state index in [9.17, 15) is 13.2 Å². The molecule has 1 fully saturated rings. The SMILES string of the molecule is Cc1ccc2sc(N(CCN(C)C)C(=O)C3CCCCN3S(=O)(=O)c3ccc(Cl)s3)nc2c1C. The van der Waals surface area contributed by atoms with Gasteiger partial charge in [0.25, 0.3) is 10.0 Å². The van der Waals surface area contributed by atoms with Gasteiger partial charge in [-0.05, 0) is 70.1 Å². The molecule has 0 spiro atoms. The standard InChI is InChI=1S/C23H29ClN4O3S3/c1-15-8-9-18-21(16(15)2)25-23(32-18)27(14-13-26(3)4)22(29)17-7-5-6-12-28(17)34(30,31)20-11-10-19(24)33-20/h8-11,17H,5-7,12-14H2,1-4H3. The molecule has 1 saturated heterocycles. The average molecular weight is 541 g/mol. The molecule has 3 aromatic rings. The van der Waals surface area contributed by atoms with E-state index in [1.54, 1.807) is 11.0 Å². The van der Waals surface area contributed by atoms with Crippen LogP contribution in [-0.4, -0.2) is 68.3 Å². The number of fused-ring (bicyclic) bond motifs is 1. The Bertz CT molecular complexity index is 1300. The van der Waals surface area contributed by atoms with Gasteiger partial charge in [0.15, 0.2) is 5.13 Å². The number of piperidine rings is 1. The van der Waals surface area contributed by atoms with Crippen LogP contribution >= 0.6 is 34.3 Å². The maximum atomic E-state index is 14.0. The van der Waals surface area contributed by atoms with E-state index < -0.39 is 16.1 Å². The molecule has 1 unspecified atom stereocenters. The second kappa shape index (κ2) is 10.2. The van der Waals surface area contributed by atoms with Gasteiger partial charge < -0.3 is 4.90 Å². The minimum absolute atomic E-state index is 0.170. The number of amides is 1. The molecular formula is C23H29ClN4O3S3. The molecule has 11 heteroatoms. The van der Waals surface area contributed by atoms with Gasteiger partial charge in [-0.3, -0.25) is 9.69 Å².